The third-order valence-corrected chi connectivity index (χ3v) is 15.0. The van der Waals surface area contributed by atoms with Gasteiger partial charge in [0.15, 0.2) is 0 Å². The van der Waals surface area contributed by atoms with Crippen LogP contribution < -0.4 is 10.6 Å². The number of rotatable bonds is 24. The number of nitrogens with one attached hydrogen (secondary N) is 2. The van der Waals surface area contributed by atoms with E-state index >= 15 is 0 Å². The zero-order valence-corrected chi connectivity index (χ0v) is 54.4. The average molecular weight is 1130 g/mol. The van der Waals surface area contributed by atoms with E-state index in [1.54, 1.807) is 30.4 Å². The summed E-state index contributed by atoms with van der Waals surface area (Å²) in [7, 11) is 0. The molecule has 0 aromatic carbocycles. The molecule has 0 aromatic heterocycles. The molecule has 12 nitrogen and oxygen atoms in total. The maximum Gasteiger partial charge on any atom is 0.348 e. The van der Waals surface area contributed by atoms with E-state index < -0.39 is 11.9 Å². The van der Waals surface area contributed by atoms with Gasteiger partial charge in [-0.2, -0.15) is 0 Å². The molecule has 0 saturated carbocycles. The van der Waals surface area contributed by atoms with Gasteiger partial charge >= 0.3 is 17.9 Å². The predicted octanol–water partition coefficient (Wildman–Crippen LogP) is 15.8. The number of aliphatic carboxylic acids is 1. The molecule has 0 atom stereocenters. The van der Waals surface area contributed by atoms with Crippen molar-refractivity contribution in [2.45, 2.75) is 213 Å². The zero-order valence-electron chi connectivity index (χ0n) is 50.3. The van der Waals surface area contributed by atoms with Crippen molar-refractivity contribution in [2.24, 2.45) is 29.6 Å². The van der Waals surface area contributed by atoms with Gasteiger partial charge in [-0.05, 0) is 77.4 Å². The fourth-order valence-corrected chi connectivity index (χ4v) is 9.85. The molecule has 0 aromatic rings. The lowest BCUT2D eigenvalue weighted by atomic mass is 10.1. The zero-order chi connectivity index (χ0) is 58.6. The van der Waals surface area contributed by atoms with Crippen molar-refractivity contribution in [3.8, 4) is 0 Å². The number of thioether (sulfide) groups is 5. The van der Waals surface area contributed by atoms with Crippen molar-refractivity contribution in [1.82, 2.24) is 10.6 Å². The Morgan fingerprint density at radius 3 is 0.904 bits per heavy atom. The number of carboxylic acid groups (broad SMARTS) is 1. The van der Waals surface area contributed by atoms with Gasteiger partial charge in [-0.1, -0.05) is 144 Å². The molecule has 0 aliphatic carbocycles. The Hall–Kier alpha value is -2.60. The molecule has 73 heavy (non-hydrogen) atoms. The van der Waals surface area contributed by atoms with E-state index in [2.05, 4.69) is 66.0 Å². The summed E-state index contributed by atoms with van der Waals surface area (Å²) in [6, 6.07) is 0. The van der Waals surface area contributed by atoms with Crippen LogP contribution >= 0.6 is 58.8 Å². The average Bonchev–Trinajstić information content (AvgIpc) is 3.26. The number of carbonyl (C=O) groups is 5. The number of amides is 2. The monoisotopic (exact) mass is 1120 g/mol. The molecule has 0 aliphatic heterocycles. The van der Waals surface area contributed by atoms with E-state index in [0.717, 1.165) is 21.0 Å². The second-order valence-corrected chi connectivity index (χ2v) is 27.5. The number of ether oxygens (including phenoxy) is 2. The topological polar surface area (TPSA) is 189 Å². The van der Waals surface area contributed by atoms with Crippen LogP contribution in [-0.2, 0) is 33.4 Å². The molecule has 17 heteroatoms. The molecular weight excluding hydrogens is 1020 g/mol. The molecule has 428 valence electrons. The van der Waals surface area contributed by atoms with Crippen molar-refractivity contribution >= 4 is 88.5 Å². The molecule has 5 N–H and O–H groups in total. The Balaban J connectivity index is -0.000000264. The first kappa shape index (κ1) is 79.3. The minimum atomic E-state index is -0.801. The molecule has 0 unspecified atom stereocenters. The molecule has 0 aliphatic rings. The van der Waals surface area contributed by atoms with Gasteiger partial charge < -0.3 is 35.4 Å². The second kappa shape index (κ2) is 44.5. The summed E-state index contributed by atoms with van der Waals surface area (Å²) < 4.78 is 9.96. The first-order chi connectivity index (χ1) is 33.4. The predicted molar refractivity (Wildman–Crippen MR) is 324 cm³/mol. The van der Waals surface area contributed by atoms with Gasteiger partial charge in [-0.15, -0.1) is 58.8 Å². The SMILES string of the molecule is C/C(=C(/SC(C)C)C(=O)O)C(C)C.CCNC(=O)/C(SC(C)C)=C(\C)C(C)C.CCNC(=O)/C(SC(C)C)=C(\O)C(C)C.CCOC(=O)/C(SC(C)C)=C(\C)C(C)C.CCOC(=O)/C(SC(C)C)=C(\O)C(C)C. The maximum absolute atomic E-state index is 11.8. The van der Waals surface area contributed by atoms with Crippen molar-refractivity contribution in [3.63, 3.8) is 0 Å². The van der Waals surface area contributed by atoms with E-state index in [1.807, 2.05) is 125 Å². The van der Waals surface area contributed by atoms with Gasteiger partial charge in [-0.3, -0.25) is 9.59 Å². The number of likely N-dealkylation sites (N-methyl/N-ethyl adjacent to an activating group) is 2. The number of hydrogen-bond acceptors (Lipinski definition) is 14. The number of carbonyl (C=O) groups excluding carboxylic acids is 4. The van der Waals surface area contributed by atoms with Crippen LogP contribution in [0.3, 0.4) is 0 Å². The maximum atomic E-state index is 11.8. The van der Waals surface area contributed by atoms with Gasteiger partial charge in [0.05, 0.1) is 27.9 Å². The standard InChI is InChI=1S/C12H23NOS.C12H22O2S.C11H21NO2S.C11H20O3S.C10H18O2S/c1-7-13-12(14)11(15-9(4)5)10(6)8(2)3;1-7-14-12(13)11(15-9(4)5)10(6)8(2)3;1-6-12-11(14)10(15-8(4)5)9(13)7(2)3;1-6-14-11(13)10(15-8(4)5)9(12)7(2)3;1-6(2)8(5)9(10(11)12)13-7(3)4/h8-9H,7H2,1-6H3,(H,13,14);8-9H,7H2,1-6H3;7-8,13H,6H2,1-5H3,(H,12,14);7-8,12H,6H2,1-5H3;6-7H,1-5H3,(H,11,12)/b2*11-10-;2*10-9+;9-8-. The van der Waals surface area contributed by atoms with Crippen LogP contribution in [-0.4, -0.2) is 97.6 Å². The van der Waals surface area contributed by atoms with Gasteiger partial charge in [0.2, 0.25) is 0 Å². The minimum absolute atomic E-state index is 0.0196. The van der Waals surface area contributed by atoms with E-state index in [0.29, 0.717) is 74.5 Å². The van der Waals surface area contributed by atoms with Gasteiger partial charge in [0, 0.05) is 51.2 Å². The molecule has 2 amide bonds. The molecular formula is C56H104N2O10S5. The highest BCUT2D eigenvalue weighted by atomic mass is 32.2. The molecule has 0 rings (SSSR count). The van der Waals surface area contributed by atoms with Gasteiger partial charge in [0.1, 0.15) is 21.3 Å². The highest BCUT2D eigenvalue weighted by molar-refractivity contribution is 8.05. The number of esters is 2. The Kier molecular flexibility index (Phi) is 48.3. The highest BCUT2D eigenvalue weighted by Crippen LogP contribution is 2.32. The van der Waals surface area contributed by atoms with Crippen LogP contribution in [0.15, 0.2) is 52.8 Å². The van der Waals surface area contributed by atoms with Crippen LogP contribution in [0.25, 0.3) is 0 Å². The highest BCUT2D eigenvalue weighted by Gasteiger charge is 2.22. The summed E-state index contributed by atoms with van der Waals surface area (Å²) in [5, 5.41) is 35.8. The lowest BCUT2D eigenvalue weighted by molar-refractivity contribution is -0.138. The number of allylic oxidation sites excluding steroid dienone is 5. The minimum Gasteiger partial charge on any atom is -0.511 e. The third kappa shape index (κ3) is 39.4. The molecule has 0 bridgehead atoms. The lowest BCUT2D eigenvalue weighted by Gasteiger charge is -2.15. The number of aliphatic hydroxyl groups excluding tert-OH is 2. The summed E-state index contributed by atoms with van der Waals surface area (Å²) in [4.78, 5) is 60.7. The van der Waals surface area contributed by atoms with Crippen LogP contribution in [0.5, 0.6) is 0 Å². The molecule has 0 radical (unpaired) electrons. The normalized spacial score (nSPS) is 13.1. The third-order valence-electron chi connectivity index (χ3n) is 9.20. The summed E-state index contributed by atoms with van der Waals surface area (Å²) in [6.45, 7) is 55.6. The van der Waals surface area contributed by atoms with Crippen molar-refractivity contribution in [2.75, 3.05) is 26.3 Å². The Bertz CT molecular complexity index is 1580. The van der Waals surface area contributed by atoms with E-state index in [1.165, 1.54) is 40.9 Å². The fourth-order valence-electron chi connectivity index (χ4n) is 4.75. The number of carboxylic acids is 1. The van der Waals surface area contributed by atoms with E-state index in [9.17, 15) is 34.2 Å². The van der Waals surface area contributed by atoms with E-state index in [-0.39, 0.29) is 51.6 Å². The number of hydrogen-bond donors (Lipinski definition) is 5. The molecule has 0 saturated heterocycles. The largest absolute Gasteiger partial charge is 0.511 e. The molecule has 0 spiro atoms. The Labute approximate surface area is 467 Å². The molecule has 0 heterocycles. The second-order valence-electron chi connectivity index (χ2n) is 19.5. The smallest absolute Gasteiger partial charge is 0.348 e. The van der Waals surface area contributed by atoms with Crippen LogP contribution in [0.4, 0.5) is 0 Å². The van der Waals surface area contributed by atoms with Crippen molar-refractivity contribution in [1.29, 1.82) is 0 Å². The van der Waals surface area contributed by atoms with E-state index in [4.69, 9.17) is 14.6 Å². The first-order valence-corrected chi connectivity index (χ1v) is 30.3. The van der Waals surface area contributed by atoms with Crippen LogP contribution in [0, 0.1) is 29.6 Å². The first-order valence-electron chi connectivity index (χ1n) is 25.9. The summed E-state index contributed by atoms with van der Waals surface area (Å²) in [5.74, 6) is -0.183. The Morgan fingerprint density at radius 2 is 0.616 bits per heavy atom. The van der Waals surface area contributed by atoms with Crippen LogP contribution in [0.2, 0.25) is 0 Å². The molecule has 0 fully saturated rings. The van der Waals surface area contributed by atoms with Crippen LogP contribution in [0.1, 0.15) is 187 Å². The van der Waals surface area contributed by atoms with Gasteiger partial charge in [-0.25, -0.2) is 14.4 Å². The lowest BCUT2D eigenvalue weighted by Crippen LogP contribution is -2.25. The summed E-state index contributed by atoms with van der Waals surface area (Å²) in [6.07, 6.45) is 0. The summed E-state index contributed by atoms with van der Waals surface area (Å²) in [5.41, 5.74) is 3.26. The fraction of sp³-hybridized carbons (Fsp3) is 0.732. The van der Waals surface area contributed by atoms with Gasteiger partial charge in [0.25, 0.3) is 11.8 Å². The Morgan fingerprint density at radius 1 is 0.370 bits per heavy atom. The quantitative estimate of drug-likeness (QED) is 0.0349. The van der Waals surface area contributed by atoms with Crippen molar-refractivity contribution in [3.05, 3.63) is 52.8 Å². The van der Waals surface area contributed by atoms with Crippen molar-refractivity contribution < 1.29 is 48.8 Å². The number of aliphatic hydroxyl groups is 2. The summed E-state index contributed by atoms with van der Waals surface area (Å²) >= 11 is 7.41.